The van der Waals surface area contributed by atoms with Crippen molar-refractivity contribution >= 4 is 26.0 Å². The fourth-order valence-corrected chi connectivity index (χ4v) is 3.81. The van der Waals surface area contributed by atoms with Gasteiger partial charge in [-0.05, 0) is 48.9 Å². The lowest BCUT2D eigenvalue weighted by Crippen LogP contribution is -2.27. The van der Waals surface area contributed by atoms with Crippen LogP contribution >= 0.6 is 15.9 Å². The molecule has 0 saturated carbocycles. The lowest BCUT2D eigenvalue weighted by molar-refractivity contribution is 0.171. The van der Waals surface area contributed by atoms with Crippen LogP contribution in [0, 0.1) is 0 Å². The Hall–Kier alpha value is -1.57. The van der Waals surface area contributed by atoms with Gasteiger partial charge in [0.05, 0.1) is 4.90 Å². The SMILES string of the molecule is C[C@@H](NS(=O)(=O)c1ccc(Br)cc1)c1ccc2c(c1)OCCO2. The van der Waals surface area contributed by atoms with Crippen LogP contribution in [0.5, 0.6) is 11.5 Å². The highest BCUT2D eigenvalue weighted by molar-refractivity contribution is 9.10. The van der Waals surface area contributed by atoms with Crippen LogP contribution in [0.2, 0.25) is 0 Å². The van der Waals surface area contributed by atoms with Crippen LogP contribution < -0.4 is 14.2 Å². The summed E-state index contributed by atoms with van der Waals surface area (Å²) in [5.74, 6) is 1.33. The lowest BCUT2D eigenvalue weighted by atomic mass is 10.1. The molecule has 0 aliphatic carbocycles. The Morgan fingerprint density at radius 2 is 1.70 bits per heavy atom. The van der Waals surface area contributed by atoms with Crippen LogP contribution in [-0.2, 0) is 10.0 Å². The van der Waals surface area contributed by atoms with Gasteiger partial charge in [-0.2, -0.15) is 0 Å². The monoisotopic (exact) mass is 397 g/mol. The molecule has 5 nitrogen and oxygen atoms in total. The summed E-state index contributed by atoms with van der Waals surface area (Å²) in [4.78, 5) is 0.227. The second-order valence-corrected chi connectivity index (χ2v) is 7.83. The summed E-state index contributed by atoms with van der Waals surface area (Å²) in [5, 5.41) is 0. The van der Waals surface area contributed by atoms with Gasteiger partial charge in [0.25, 0.3) is 0 Å². The smallest absolute Gasteiger partial charge is 0.241 e. The number of nitrogens with one attached hydrogen (secondary N) is 1. The standard InChI is InChI=1S/C16H16BrNO4S/c1-11(12-2-7-15-16(10-12)22-9-8-21-15)18-23(19,20)14-5-3-13(17)4-6-14/h2-7,10-11,18H,8-9H2,1H3/t11-/m1/s1. The number of benzene rings is 2. The zero-order valence-corrected chi connectivity index (χ0v) is 14.9. The van der Waals surface area contributed by atoms with Crippen molar-refractivity contribution in [2.24, 2.45) is 0 Å². The van der Waals surface area contributed by atoms with E-state index in [1.165, 1.54) is 0 Å². The summed E-state index contributed by atoms with van der Waals surface area (Å²) < 4.78 is 39.4. The molecule has 122 valence electrons. The number of sulfonamides is 1. The highest BCUT2D eigenvalue weighted by Gasteiger charge is 2.20. The number of fused-ring (bicyclic) bond motifs is 1. The zero-order chi connectivity index (χ0) is 16.4. The Kier molecular flexibility index (Phi) is 4.61. The van der Waals surface area contributed by atoms with E-state index in [0.29, 0.717) is 24.7 Å². The van der Waals surface area contributed by atoms with Gasteiger partial charge in [0, 0.05) is 10.5 Å². The van der Waals surface area contributed by atoms with Crippen molar-refractivity contribution in [2.45, 2.75) is 17.9 Å². The molecular weight excluding hydrogens is 382 g/mol. The van der Waals surface area contributed by atoms with E-state index in [4.69, 9.17) is 9.47 Å². The van der Waals surface area contributed by atoms with Crippen molar-refractivity contribution in [2.75, 3.05) is 13.2 Å². The minimum absolute atomic E-state index is 0.227. The van der Waals surface area contributed by atoms with Crippen molar-refractivity contribution in [3.8, 4) is 11.5 Å². The van der Waals surface area contributed by atoms with Gasteiger partial charge in [-0.15, -0.1) is 0 Å². The van der Waals surface area contributed by atoms with Crippen LogP contribution in [0.4, 0.5) is 0 Å². The molecule has 1 N–H and O–H groups in total. The first kappa shape index (κ1) is 16.3. The van der Waals surface area contributed by atoms with Gasteiger partial charge in [-0.3, -0.25) is 0 Å². The molecule has 1 heterocycles. The maximum Gasteiger partial charge on any atom is 0.241 e. The number of halogens is 1. The highest BCUT2D eigenvalue weighted by Crippen LogP contribution is 2.32. The number of hydrogen-bond donors (Lipinski definition) is 1. The van der Waals surface area contributed by atoms with Gasteiger partial charge in [-0.25, -0.2) is 13.1 Å². The summed E-state index contributed by atoms with van der Waals surface area (Å²) >= 11 is 3.29. The fraction of sp³-hybridized carbons (Fsp3) is 0.250. The maximum absolute atomic E-state index is 12.4. The van der Waals surface area contributed by atoms with E-state index < -0.39 is 10.0 Å². The van der Waals surface area contributed by atoms with E-state index in [9.17, 15) is 8.42 Å². The predicted octanol–water partition coefficient (Wildman–Crippen LogP) is 3.26. The molecule has 0 amide bonds. The Morgan fingerprint density at radius 3 is 2.39 bits per heavy atom. The first-order valence-corrected chi connectivity index (χ1v) is 9.41. The second-order valence-electron chi connectivity index (χ2n) is 5.20. The molecule has 23 heavy (non-hydrogen) atoms. The van der Waals surface area contributed by atoms with E-state index in [1.807, 2.05) is 12.1 Å². The largest absolute Gasteiger partial charge is 0.486 e. The normalized spacial score (nSPS) is 15.2. The lowest BCUT2D eigenvalue weighted by Gasteiger charge is -2.21. The van der Waals surface area contributed by atoms with Gasteiger partial charge in [-0.1, -0.05) is 22.0 Å². The molecule has 7 heteroatoms. The Bertz CT molecular complexity index is 805. The van der Waals surface area contributed by atoms with Crippen LogP contribution in [0.15, 0.2) is 51.8 Å². The molecule has 2 aromatic carbocycles. The molecule has 1 aliphatic rings. The summed E-state index contributed by atoms with van der Waals surface area (Å²) in [6.45, 7) is 2.81. The molecule has 1 atom stereocenters. The molecule has 1 aliphatic heterocycles. The zero-order valence-electron chi connectivity index (χ0n) is 12.5. The molecule has 0 unspecified atom stereocenters. The minimum Gasteiger partial charge on any atom is -0.486 e. The van der Waals surface area contributed by atoms with Crippen LogP contribution in [0.3, 0.4) is 0 Å². The van der Waals surface area contributed by atoms with Gasteiger partial charge < -0.3 is 9.47 Å². The maximum atomic E-state index is 12.4. The van der Waals surface area contributed by atoms with Crippen molar-refractivity contribution in [1.82, 2.24) is 4.72 Å². The summed E-state index contributed by atoms with van der Waals surface area (Å²) in [6, 6.07) is 11.6. The fourth-order valence-electron chi connectivity index (χ4n) is 2.31. The Balaban J connectivity index is 1.80. The van der Waals surface area contributed by atoms with E-state index in [1.54, 1.807) is 37.3 Å². The second kappa shape index (κ2) is 6.51. The number of hydrogen-bond acceptors (Lipinski definition) is 4. The van der Waals surface area contributed by atoms with Gasteiger partial charge >= 0.3 is 0 Å². The summed E-state index contributed by atoms with van der Waals surface area (Å²) in [7, 11) is -3.59. The topological polar surface area (TPSA) is 64.6 Å². The molecule has 0 spiro atoms. The van der Waals surface area contributed by atoms with E-state index in [0.717, 1.165) is 10.0 Å². The van der Waals surface area contributed by atoms with Gasteiger partial charge in [0.2, 0.25) is 10.0 Å². The van der Waals surface area contributed by atoms with Crippen LogP contribution in [-0.4, -0.2) is 21.6 Å². The average Bonchev–Trinajstić information content (AvgIpc) is 2.54. The Morgan fingerprint density at radius 1 is 1.04 bits per heavy atom. The molecule has 0 radical (unpaired) electrons. The van der Waals surface area contributed by atoms with Crippen molar-refractivity contribution in [3.63, 3.8) is 0 Å². The average molecular weight is 398 g/mol. The van der Waals surface area contributed by atoms with E-state index in [2.05, 4.69) is 20.7 Å². The van der Waals surface area contributed by atoms with Crippen molar-refractivity contribution in [3.05, 3.63) is 52.5 Å². The molecule has 3 rings (SSSR count). The molecule has 2 aromatic rings. The van der Waals surface area contributed by atoms with E-state index in [-0.39, 0.29) is 10.9 Å². The third kappa shape index (κ3) is 3.68. The third-order valence-corrected chi connectivity index (χ3v) is 5.61. The quantitative estimate of drug-likeness (QED) is 0.859. The first-order chi connectivity index (χ1) is 11.0. The van der Waals surface area contributed by atoms with Crippen molar-refractivity contribution < 1.29 is 17.9 Å². The molecule has 0 aromatic heterocycles. The molecule has 0 saturated heterocycles. The Labute approximate surface area is 143 Å². The summed E-state index contributed by atoms with van der Waals surface area (Å²) in [6.07, 6.45) is 0. The minimum atomic E-state index is -3.59. The predicted molar refractivity (Wildman–Crippen MR) is 90.3 cm³/mol. The molecular formula is C16H16BrNO4S. The molecule has 0 bridgehead atoms. The first-order valence-electron chi connectivity index (χ1n) is 7.13. The van der Waals surface area contributed by atoms with E-state index >= 15 is 0 Å². The molecule has 0 fully saturated rings. The summed E-state index contributed by atoms with van der Waals surface area (Å²) in [5.41, 5.74) is 0.815. The van der Waals surface area contributed by atoms with Crippen LogP contribution in [0.1, 0.15) is 18.5 Å². The third-order valence-electron chi connectivity index (χ3n) is 3.52. The van der Waals surface area contributed by atoms with Crippen molar-refractivity contribution in [1.29, 1.82) is 0 Å². The number of ether oxygens (including phenoxy) is 2. The number of rotatable bonds is 4. The van der Waals surface area contributed by atoms with Crippen LogP contribution in [0.25, 0.3) is 0 Å². The van der Waals surface area contributed by atoms with Gasteiger partial charge in [0.1, 0.15) is 13.2 Å². The highest BCUT2D eigenvalue weighted by atomic mass is 79.9. The van der Waals surface area contributed by atoms with Gasteiger partial charge in [0.15, 0.2) is 11.5 Å².